The standard InChI is InChI=1S/C15H28N2O/c18-15(9-16-14-5-6-14)11-17-8-7-12-3-1-2-4-13(12)10-17/h12-16,18H,1-11H2. The third-order valence-electron chi connectivity index (χ3n) is 5.06. The molecule has 2 saturated carbocycles. The predicted molar refractivity (Wildman–Crippen MR) is 73.5 cm³/mol. The molecule has 0 aromatic carbocycles. The van der Waals surface area contributed by atoms with E-state index >= 15 is 0 Å². The normalized spacial score (nSPS) is 35.2. The van der Waals surface area contributed by atoms with Crippen LogP contribution in [0.1, 0.15) is 44.9 Å². The SMILES string of the molecule is OC(CNC1CC1)CN1CCC2CCCCC2C1. The molecule has 1 heterocycles. The summed E-state index contributed by atoms with van der Waals surface area (Å²) in [6, 6.07) is 0.712. The zero-order chi connectivity index (χ0) is 12.4. The van der Waals surface area contributed by atoms with Crippen molar-refractivity contribution in [3.63, 3.8) is 0 Å². The van der Waals surface area contributed by atoms with Crippen LogP contribution in [0.4, 0.5) is 0 Å². The van der Waals surface area contributed by atoms with Crippen molar-refractivity contribution in [3.8, 4) is 0 Å². The first-order chi connectivity index (χ1) is 8.81. The molecule has 2 aliphatic carbocycles. The molecule has 0 bridgehead atoms. The topological polar surface area (TPSA) is 35.5 Å². The molecule has 3 atom stereocenters. The second kappa shape index (κ2) is 5.89. The van der Waals surface area contributed by atoms with Gasteiger partial charge in [0.2, 0.25) is 0 Å². The number of hydrogen-bond acceptors (Lipinski definition) is 3. The Morgan fingerprint density at radius 1 is 1.06 bits per heavy atom. The van der Waals surface area contributed by atoms with Crippen molar-refractivity contribution in [2.24, 2.45) is 11.8 Å². The van der Waals surface area contributed by atoms with Crippen molar-refractivity contribution in [2.45, 2.75) is 57.1 Å². The molecule has 0 aromatic heterocycles. The first-order valence-corrected chi connectivity index (χ1v) is 7.95. The highest BCUT2D eigenvalue weighted by Crippen LogP contribution is 2.35. The summed E-state index contributed by atoms with van der Waals surface area (Å²) in [5, 5.41) is 13.5. The molecule has 3 aliphatic rings. The van der Waals surface area contributed by atoms with E-state index in [1.54, 1.807) is 0 Å². The number of aliphatic hydroxyl groups is 1. The predicted octanol–water partition coefficient (Wildman–Crippen LogP) is 1.61. The number of piperidine rings is 1. The molecule has 104 valence electrons. The highest BCUT2D eigenvalue weighted by molar-refractivity contribution is 4.86. The molecule has 3 unspecified atom stereocenters. The van der Waals surface area contributed by atoms with E-state index in [2.05, 4.69) is 10.2 Å². The number of β-amino-alcohol motifs (C(OH)–C–C–N with tert-alkyl or cyclic N) is 1. The molecule has 2 N–H and O–H groups in total. The van der Waals surface area contributed by atoms with E-state index in [9.17, 15) is 5.11 Å². The van der Waals surface area contributed by atoms with Crippen LogP contribution in [0.2, 0.25) is 0 Å². The van der Waals surface area contributed by atoms with Gasteiger partial charge in [0, 0.05) is 25.7 Å². The number of fused-ring (bicyclic) bond motifs is 1. The Bertz CT molecular complexity index is 267. The smallest absolute Gasteiger partial charge is 0.0791 e. The maximum atomic E-state index is 10.1. The number of nitrogens with zero attached hydrogens (tertiary/aromatic N) is 1. The van der Waals surface area contributed by atoms with Gasteiger partial charge in [0.25, 0.3) is 0 Å². The summed E-state index contributed by atoms with van der Waals surface area (Å²) >= 11 is 0. The Morgan fingerprint density at radius 3 is 2.61 bits per heavy atom. The summed E-state index contributed by atoms with van der Waals surface area (Å²) in [7, 11) is 0. The fraction of sp³-hybridized carbons (Fsp3) is 1.00. The van der Waals surface area contributed by atoms with Gasteiger partial charge in [-0.2, -0.15) is 0 Å². The highest BCUT2D eigenvalue weighted by Gasteiger charge is 2.31. The van der Waals surface area contributed by atoms with Gasteiger partial charge in [-0.05, 0) is 44.1 Å². The van der Waals surface area contributed by atoms with Crippen LogP contribution in [-0.4, -0.2) is 48.3 Å². The van der Waals surface area contributed by atoms with Gasteiger partial charge in [0.1, 0.15) is 0 Å². The van der Waals surface area contributed by atoms with Crippen LogP contribution in [0.15, 0.2) is 0 Å². The zero-order valence-corrected chi connectivity index (χ0v) is 11.5. The first kappa shape index (κ1) is 12.9. The maximum Gasteiger partial charge on any atom is 0.0791 e. The third-order valence-corrected chi connectivity index (χ3v) is 5.06. The lowest BCUT2D eigenvalue weighted by molar-refractivity contribution is 0.0463. The summed E-state index contributed by atoms with van der Waals surface area (Å²) in [6.07, 6.45) is 9.58. The van der Waals surface area contributed by atoms with Crippen molar-refractivity contribution in [2.75, 3.05) is 26.2 Å². The first-order valence-electron chi connectivity index (χ1n) is 7.95. The fourth-order valence-electron chi connectivity index (χ4n) is 3.79. The largest absolute Gasteiger partial charge is 0.390 e. The molecule has 0 radical (unpaired) electrons. The fourth-order valence-corrected chi connectivity index (χ4v) is 3.79. The Balaban J connectivity index is 1.39. The van der Waals surface area contributed by atoms with Crippen LogP contribution in [0, 0.1) is 11.8 Å². The van der Waals surface area contributed by atoms with Crippen LogP contribution in [0.25, 0.3) is 0 Å². The highest BCUT2D eigenvalue weighted by atomic mass is 16.3. The van der Waals surface area contributed by atoms with Gasteiger partial charge >= 0.3 is 0 Å². The molecule has 0 aromatic rings. The Hall–Kier alpha value is -0.120. The van der Waals surface area contributed by atoms with Crippen LogP contribution in [-0.2, 0) is 0 Å². The average molecular weight is 252 g/mol. The van der Waals surface area contributed by atoms with Crippen LogP contribution < -0.4 is 5.32 Å². The molecular weight excluding hydrogens is 224 g/mol. The molecule has 18 heavy (non-hydrogen) atoms. The maximum absolute atomic E-state index is 10.1. The van der Waals surface area contributed by atoms with Crippen LogP contribution in [0.5, 0.6) is 0 Å². The second-order valence-corrected chi connectivity index (χ2v) is 6.69. The second-order valence-electron chi connectivity index (χ2n) is 6.69. The number of nitrogens with one attached hydrogen (secondary N) is 1. The van der Waals surface area contributed by atoms with Crippen molar-refractivity contribution in [3.05, 3.63) is 0 Å². The van der Waals surface area contributed by atoms with Gasteiger partial charge < -0.3 is 15.3 Å². The molecule has 3 nitrogen and oxygen atoms in total. The Morgan fingerprint density at radius 2 is 1.83 bits per heavy atom. The molecular formula is C15H28N2O. The van der Waals surface area contributed by atoms with Gasteiger partial charge in [-0.1, -0.05) is 19.3 Å². The van der Waals surface area contributed by atoms with Crippen LogP contribution >= 0.6 is 0 Å². The van der Waals surface area contributed by atoms with E-state index < -0.39 is 0 Å². The minimum Gasteiger partial charge on any atom is -0.390 e. The van der Waals surface area contributed by atoms with Crippen molar-refractivity contribution in [1.82, 2.24) is 10.2 Å². The quantitative estimate of drug-likeness (QED) is 0.780. The van der Waals surface area contributed by atoms with E-state index in [0.717, 1.165) is 24.9 Å². The number of likely N-dealkylation sites (tertiary alicyclic amines) is 1. The summed E-state index contributed by atoms with van der Waals surface area (Å²) in [5.74, 6) is 1.92. The number of rotatable bonds is 5. The monoisotopic (exact) mass is 252 g/mol. The lowest BCUT2D eigenvalue weighted by Gasteiger charge is -2.41. The summed E-state index contributed by atoms with van der Waals surface area (Å²) in [5.41, 5.74) is 0. The third kappa shape index (κ3) is 3.46. The van der Waals surface area contributed by atoms with E-state index in [4.69, 9.17) is 0 Å². The lowest BCUT2D eigenvalue weighted by Crippen LogP contribution is -2.46. The van der Waals surface area contributed by atoms with E-state index in [-0.39, 0.29) is 6.10 Å². The molecule has 0 amide bonds. The molecule has 3 heteroatoms. The average Bonchev–Trinajstić information content (AvgIpc) is 3.20. The summed E-state index contributed by atoms with van der Waals surface area (Å²) < 4.78 is 0. The van der Waals surface area contributed by atoms with Gasteiger partial charge in [-0.25, -0.2) is 0 Å². The summed E-state index contributed by atoms with van der Waals surface area (Å²) in [4.78, 5) is 2.51. The molecule has 1 saturated heterocycles. The minimum atomic E-state index is -0.175. The van der Waals surface area contributed by atoms with Crippen LogP contribution in [0.3, 0.4) is 0 Å². The van der Waals surface area contributed by atoms with Crippen molar-refractivity contribution >= 4 is 0 Å². The molecule has 3 rings (SSSR count). The van der Waals surface area contributed by atoms with E-state index in [0.29, 0.717) is 6.04 Å². The van der Waals surface area contributed by atoms with Gasteiger partial charge in [0.15, 0.2) is 0 Å². The Kier molecular flexibility index (Phi) is 4.22. The van der Waals surface area contributed by atoms with E-state index in [1.165, 1.54) is 58.0 Å². The van der Waals surface area contributed by atoms with E-state index in [1.807, 2.05) is 0 Å². The lowest BCUT2D eigenvalue weighted by atomic mass is 9.75. The Labute approximate surface area is 111 Å². The van der Waals surface area contributed by atoms with Gasteiger partial charge in [0.05, 0.1) is 6.10 Å². The molecule has 1 aliphatic heterocycles. The van der Waals surface area contributed by atoms with Crippen molar-refractivity contribution < 1.29 is 5.11 Å². The summed E-state index contributed by atoms with van der Waals surface area (Å²) in [6.45, 7) is 4.12. The minimum absolute atomic E-state index is 0.175. The molecule has 0 spiro atoms. The van der Waals surface area contributed by atoms with Crippen molar-refractivity contribution in [1.29, 1.82) is 0 Å². The van der Waals surface area contributed by atoms with Gasteiger partial charge in [-0.15, -0.1) is 0 Å². The number of aliphatic hydroxyl groups excluding tert-OH is 1. The number of hydrogen-bond donors (Lipinski definition) is 2. The van der Waals surface area contributed by atoms with Gasteiger partial charge in [-0.3, -0.25) is 0 Å². The molecule has 3 fully saturated rings. The zero-order valence-electron chi connectivity index (χ0n) is 11.5.